The number of benzene rings is 1. The molecule has 2 aromatic rings. The van der Waals surface area contributed by atoms with Crippen LogP contribution >= 0.6 is 0 Å². The molecule has 0 unspecified atom stereocenters. The number of anilines is 1. The van der Waals surface area contributed by atoms with Crippen molar-refractivity contribution in [2.45, 2.75) is 27.3 Å². The Bertz CT molecular complexity index is 1040. The van der Waals surface area contributed by atoms with Crippen molar-refractivity contribution >= 4 is 28.5 Å². The summed E-state index contributed by atoms with van der Waals surface area (Å²) in [5, 5.41) is 9.34. The molecular formula is C22H29FN4O4. The summed E-state index contributed by atoms with van der Waals surface area (Å²) in [7, 11) is 0. The number of carboxylic acid groups (broad SMARTS) is 1. The number of pyridine rings is 1. The number of aryl methyl sites for hydroxylation is 1. The fourth-order valence-electron chi connectivity index (χ4n) is 4.07. The predicted octanol–water partition coefficient (Wildman–Crippen LogP) is 1.85. The first-order valence-electron chi connectivity index (χ1n) is 10.7. The minimum absolute atomic E-state index is 0.0615. The van der Waals surface area contributed by atoms with Crippen molar-refractivity contribution in [1.29, 1.82) is 0 Å². The number of carbonyl (C=O) groups is 2. The number of nitrogens with zero attached hydrogens (tertiary/aromatic N) is 4. The number of rotatable bonds is 7. The molecule has 1 aromatic carbocycles. The van der Waals surface area contributed by atoms with Gasteiger partial charge in [-0.25, -0.2) is 9.18 Å². The summed E-state index contributed by atoms with van der Waals surface area (Å²) >= 11 is 0. The lowest BCUT2D eigenvalue weighted by molar-refractivity contribution is -0.132. The van der Waals surface area contributed by atoms with Crippen molar-refractivity contribution in [3.05, 3.63) is 39.9 Å². The number of amides is 1. The molecule has 168 valence electrons. The molecule has 0 atom stereocenters. The summed E-state index contributed by atoms with van der Waals surface area (Å²) in [6.07, 6.45) is 1.31. The molecule has 3 rings (SSSR count). The van der Waals surface area contributed by atoms with Gasteiger partial charge in [-0.1, -0.05) is 0 Å². The molecule has 1 saturated heterocycles. The largest absolute Gasteiger partial charge is 0.477 e. The first-order valence-corrected chi connectivity index (χ1v) is 10.7. The van der Waals surface area contributed by atoms with Crippen molar-refractivity contribution in [2.75, 3.05) is 50.7 Å². The average Bonchev–Trinajstić information content (AvgIpc) is 2.75. The lowest BCUT2D eigenvalue weighted by atomic mass is 10.1. The zero-order valence-electron chi connectivity index (χ0n) is 18.2. The van der Waals surface area contributed by atoms with Crippen LogP contribution in [0, 0.1) is 5.82 Å². The topological polar surface area (TPSA) is 86.1 Å². The van der Waals surface area contributed by atoms with Crippen LogP contribution in [0.5, 0.6) is 0 Å². The van der Waals surface area contributed by atoms with Gasteiger partial charge in [0.25, 0.3) is 0 Å². The second-order valence-corrected chi connectivity index (χ2v) is 7.61. The van der Waals surface area contributed by atoms with Crippen LogP contribution in [0.1, 0.15) is 31.1 Å². The van der Waals surface area contributed by atoms with Crippen molar-refractivity contribution in [3.63, 3.8) is 0 Å². The third-order valence-electron chi connectivity index (χ3n) is 5.91. The van der Waals surface area contributed by atoms with E-state index in [2.05, 4.69) is 4.90 Å². The van der Waals surface area contributed by atoms with Crippen LogP contribution in [0.3, 0.4) is 0 Å². The fourth-order valence-corrected chi connectivity index (χ4v) is 4.07. The Morgan fingerprint density at radius 2 is 1.74 bits per heavy atom. The van der Waals surface area contributed by atoms with Crippen molar-refractivity contribution in [3.8, 4) is 0 Å². The highest BCUT2D eigenvalue weighted by atomic mass is 19.1. The lowest BCUT2D eigenvalue weighted by Gasteiger charge is -2.36. The number of piperazine rings is 1. The maximum Gasteiger partial charge on any atom is 0.341 e. The summed E-state index contributed by atoms with van der Waals surface area (Å²) in [6.45, 7) is 10.3. The van der Waals surface area contributed by atoms with E-state index in [9.17, 15) is 23.9 Å². The van der Waals surface area contributed by atoms with E-state index >= 15 is 0 Å². The van der Waals surface area contributed by atoms with E-state index in [-0.39, 0.29) is 16.9 Å². The molecule has 1 aliphatic heterocycles. The Balaban J connectivity index is 1.84. The van der Waals surface area contributed by atoms with E-state index in [0.29, 0.717) is 63.6 Å². The first kappa shape index (κ1) is 22.7. The van der Waals surface area contributed by atoms with E-state index in [1.807, 2.05) is 25.7 Å². The van der Waals surface area contributed by atoms with Gasteiger partial charge in [-0.3, -0.25) is 14.5 Å². The Morgan fingerprint density at radius 1 is 1.10 bits per heavy atom. The molecule has 0 spiro atoms. The Hall–Kier alpha value is -2.94. The molecule has 1 aromatic heterocycles. The van der Waals surface area contributed by atoms with Crippen LogP contribution in [0.15, 0.2) is 23.1 Å². The van der Waals surface area contributed by atoms with Crippen LogP contribution < -0.4 is 10.3 Å². The van der Waals surface area contributed by atoms with Crippen molar-refractivity contribution < 1.29 is 19.1 Å². The van der Waals surface area contributed by atoms with Gasteiger partial charge in [0.1, 0.15) is 11.4 Å². The Kier molecular flexibility index (Phi) is 6.94. The second kappa shape index (κ2) is 9.47. The third-order valence-corrected chi connectivity index (χ3v) is 5.91. The maximum atomic E-state index is 14.9. The standard InChI is InChI=1S/C22H29FN4O4/c1-4-25(5-2)20(28)14-24-7-9-27(10-8-24)19-12-18-15(11-17(19)23)21(29)16(22(30)31)13-26(18)6-3/h11-13H,4-10,14H2,1-3H3,(H,30,31). The summed E-state index contributed by atoms with van der Waals surface area (Å²) in [5.74, 6) is -1.78. The number of likely N-dealkylation sites (N-methyl/N-ethyl adjacent to an activating group) is 1. The SMILES string of the molecule is CCN(CC)C(=O)CN1CCN(c2cc3c(cc2F)c(=O)c(C(=O)O)cn3CC)CC1. The van der Waals surface area contributed by atoms with Gasteiger partial charge in [0, 0.05) is 57.4 Å². The fraction of sp³-hybridized carbons (Fsp3) is 0.500. The quantitative estimate of drug-likeness (QED) is 0.719. The second-order valence-electron chi connectivity index (χ2n) is 7.61. The Labute approximate surface area is 180 Å². The van der Waals surface area contributed by atoms with Crippen molar-refractivity contribution in [1.82, 2.24) is 14.4 Å². The molecule has 9 heteroatoms. The first-order chi connectivity index (χ1) is 14.8. The minimum atomic E-state index is -1.33. The third kappa shape index (κ3) is 4.56. The number of halogens is 1. The summed E-state index contributed by atoms with van der Waals surface area (Å²) < 4.78 is 16.6. The normalized spacial score (nSPS) is 14.8. The summed E-state index contributed by atoms with van der Waals surface area (Å²) in [4.78, 5) is 42.0. The van der Waals surface area contributed by atoms with Crippen LogP contribution in [-0.4, -0.2) is 77.2 Å². The van der Waals surface area contributed by atoms with Crippen molar-refractivity contribution in [2.24, 2.45) is 0 Å². The highest BCUT2D eigenvalue weighted by molar-refractivity contribution is 5.93. The molecule has 0 aliphatic carbocycles. The van der Waals surface area contributed by atoms with Crippen LogP contribution in [0.2, 0.25) is 0 Å². The molecule has 0 saturated carbocycles. The van der Waals surface area contributed by atoms with Gasteiger partial charge in [0.15, 0.2) is 0 Å². The maximum absolute atomic E-state index is 14.9. The van der Waals surface area contributed by atoms with E-state index in [0.717, 1.165) is 6.07 Å². The van der Waals surface area contributed by atoms with Gasteiger partial charge < -0.3 is 19.5 Å². The summed E-state index contributed by atoms with van der Waals surface area (Å²) in [5.41, 5.74) is -0.162. The molecule has 1 N–H and O–H groups in total. The molecule has 31 heavy (non-hydrogen) atoms. The zero-order chi connectivity index (χ0) is 22.7. The number of fused-ring (bicyclic) bond motifs is 1. The van der Waals surface area contributed by atoms with Crippen LogP contribution in [0.25, 0.3) is 10.9 Å². The minimum Gasteiger partial charge on any atom is -0.477 e. The van der Waals surface area contributed by atoms with Gasteiger partial charge >= 0.3 is 5.97 Å². The average molecular weight is 432 g/mol. The van der Waals surface area contributed by atoms with E-state index in [1.165, 1.54) is 6.20 Å². The molecule has 1 fully saturated rings. The lowest BCUT2D eigenvalue weighted by Crippen LogP contribution is -2.50. The molecular weight excluding hydrogens is 403 g/mol. The smallest absolute Gasteiger partial charge is 0.341 e. The number of carbonyl (C=O) groups excluding carboxylic acids is 1. The van der Waals surface area contributed by atoms with E-state index in [1.54, 1.807) is 15.5 Å². The summed E-state index contributed by atoms with van der Waals surface area (Å²) in [6, 6.07) is 2.76. The monoisotopic (exact) mass is 432 g/mol. The molecule has 2 heterocycles. The molecule has 1 amide bonds. The number of hydrogen-bond donors (Lipinski definition) is 1. The number of carboxylic acids is 1. The van der Waals surface area contributed by atoms with Crippen LogP contribution in [-0.2, 0) is 11.3 Å². The highest BCUT2D eigenvalue weighted by Gasteiger charge is 2.24. The molecule has 0 radical (unpaired) electrons. The molecule has 1 aliphatic rings. The predicted molar refractivity (Wildman–Crippen MR) is 117 cm³/mol. The van der Waals surface area contributed by atoms with E-state index < -0.39 is 17.2 Å². The van der Waals surface area contributed by atoms with Gasteiger partial charge in [-0.15, -0.1) is 0 Å². The van der Waals surface area contributed by atoms with Gasteiger partial charge in [0.05, 0.1) is 17.7 Å². The van der Waals surface area contributed by atoms with Gasteiger partial charge in [-0.2, -0.15) is 0 Å². The zero-order valence-corrected chi connectivity index (χ0v) is 18.2. The number of aromatic carboxylic acids is 1. The van der Waals surface area contributed by atoms with E-state index in [4.69, 9.17) is 0 Å². The molecule has 0 bridgehead atoms. The number of hydrogen-bond acceptors (Lipinski definition) is 5. The van der Waals surface area contributed by atoms with Gasteiger partial charge in [-0.05, 0) is 32.9 Å². The van der Waals surface area contributed by atoms with Gasteiger partial charge in [0.2, 0.25) is 11.3 Å². The molecule has 8 nitrogen and oxygen atoms in total. The number of aromatic nitrogens is 1. The Morgan fingerprint density at radius 3 is 2.29 bits per heavy atom. The highest BCUT2D eigenvalue weighted by Crippen LogP contribution is 2.26. The van der Waals surface area contributed by atoms with Crippen LogP contribution in [0.4, 0.5) is 10.1 Å².